The molecule has 0 N–H and O–H groups in total. The molecule has 0 spiro atoms. The van der Waals surface area contributed by atoms with Gasteiger partial charge in [0.05, 0.1) is 20.1 Å². The highest BCUT2D eigenvalue weighted by atomic mass is 16.5. The van der Waals surface area contributed by atoms with Gasteiger partial charge in [-0.3, -0.25) is 4.79 Å². The summed E-state index contributed by atoms with van der Waals surface area (Å²) < 4.78 is 10.3. The van der Waals surface area contributed by atoms with Gasteiger partial charge in [-0.1, -0.05) is 25.1 Å². The molecule has 0 aromatic heterocycles. The molecule has 0 saturated heterocycles. The van der Waals surface area contributed by atoms with E-state index in [1.807, 2.05) is 24.3 Å². The first-order chi connectivity index (χ1) is 7.65. The number of esters is 1. The van der Waals surface area contributed by atoms with E-state index in [2.05, 4.69) is 6.92 Å². The Balaban J connectivity index is 2.32. The van der Waals surface area contributed by atoms with Gasteiger partial charge < -0.3 is 9.47 Å². The van der Waals surface area contributed by atoms with E-state index < -0.39 is 0 Å². The molecule has 0 radical (unpaired) electrons. The number of hydrogen-bond donors (Lipinski definition) is 0. The average Bonchev–Trinajstić information content (AvgIpc) is 2.29. The van der Waals surface area contributed by atoms with Gasteiger partial charge >= 0.3 is 5.97 Å². The van der Waals surface area contributed by atoms with Crippen LogP contribution in [0.1, 0.15) is 25.3 Å². The molecule has 2 rings (SSSR count). The van der Waals surface area contributed by atoms with Crippen molar-refractivity contribution in [1.82, 2.24) is 0 Å². The van der Waals surface area contributed by atoms with E-state index in [1.165, 1.54) is 7.11 Å². The fraction of sp³-hybridized carbons (Fsp3) is 0.462. The molecule has 0 fully saturated rings. The second-order valence-electron chi connectivity index (χ2n) is 4.41. The smallest absolute Gasteiger partial charge is 0.306 e. The molecular formula is C13H16O3. The predicted octanol–water partition coefficient (Wildman–Crippen LogP) is 2.29. The van der Waals surface area contributed by atoms with Crippen LogP contribution < -0.4 is 4.74 Å². The first-order valence-electron chi connectivity index (χ1n) is 5.45. The van der Waals surface area contributed by atoms with Gasteiger partial charge in [-0.05, 0) is 12.5 Å². The molecule has 3 heteroatoms. The van der Waals surface area contributed by atoms with Gasteiger partial charge in [0.15, 0.2) is 0 Å². The number of rotatable bonds is 2. The molecule has 1 aliphatic heterocycles. The second-order valence-corrected chi connectivity index (χ2v) is 4.41. The molecule has 1 aromatic carbocycles. The van der Waals surface area contributed by atoms with Gasteiger partial charge in [0.2, 0.25) is 0 Å². The molecule has 86 valence electrons. The van der Waals surface area contributed by atoms with Gasteiger partial charge in [0.25, 0.3) is 0 Å². The van der Waals surface area contributed by atoms with E-state index in [0.717, 1.165) is 17.7 Å². The number of hydrogen-bond acceptors (Lipinski definition) is 3. The normalized spacial score (nSPS) is 23.1. The summed E-state index contributed by atoms with van der Waals surface area (Å²) in [6.07, 6.45) is 1.25. The van der Waals surface area contributed by atoms with E-state index in [4.69, 9.17) is 9.47 Å². The monoisotopic (exact) mass is 220 g/mol. The Morgan fingerprint density at radius 3 is 3.00 bits per heavy atom. The Morgan fingerprint density at radius 1 is 1.50 bits per heavy atom. The fourth-order valence-electron chi connectivity index (χ4n) is 2.19. The quantitative estimate of drug-likeness (QED) is 0.717. The maximum atomic E-state index is 11.4. The van der Waals surface area contributed by atoms with Crippen molar-refractivity contribution in [2.45, 2.75) is 25.2 Å². The Morgan fingerprint density at radius 2 is 2.25 bits per heavy atom. The third-order valence-electron chi connectivity index (χ3n) is 3.21. The number of ether oxygens (including phenoxy) is 2. The molecule has 1 atom stereocenters. The van der Waals surface area contributed by atoms with E-state index >= 15 is 0 Å². The van der Waals surface area contributed by atoms with Gasteiger partial charge in [-0.15, -0.1) is 0 Å². The molecule has 16 heavy (non-hydrogen) atoms. The number of para-hydroxylation sites is 1. The minimum Gasteiger partial charge on any atom is -0.493 e. The lowest BCUT2D eigenvalue weighted by Crippen LogP contribution is -2.32. The van der Waals surface area contributed by atoms with Crippen LogP contribution in [0.15, 0.2) is 24.3 Å². The van der Waals surface area contributed by atoms with Crippen molar-refractivity contribution in [3.05, 3.63) is 29.8 Å². The van der Waals surface area contributed by atoms with Crippen molar-refractivity contribution >= 4 is 5.97 Å². The molecule has 0 amide bonds. The lowest BCUT2D eigenvalue weighted by atomic mass is 9.75. The highest BCUT2D eigenvalue weighted by Crippen LogP contribution is 2.40. The van der Waals surface area contributed by atoms with Crippen molar-refractivity contribution in [2.24, 2.45) is 0 Å². The summed E-state index contributed by atoms with van der Waals surface area (Å²) in [4.78, 5) is 11.4. The zero-order chi connectivity index (χ0) is 11.6. The number of carbonyl (C=O) groups excluding carboxylic acids is 1. The molecule has 3 nitrogen and oxygen atoms in total. The fourth-order valence-corrected chi connectivity index (χ4v) is 2.19. The molecule has 1 aliphatic rings. The lowest BCUT2D eigenvalue weighted by Gasteiger charge is -2.34. The summed E-state index contributed by atoms with van der Waals surface area (Å²) in [6.45, 7) is 2.75. The molecule has 0 saturated carbocycles. The van der Waals surface area contributed by atoms with Crippen LogP contribution >= 0.6 is 0 Å². The Kier molecular flexibility index (Phi) is 2.86. The minimum atomic E-state index is -0.167. The van der Waals surface area contributed by atoms with Crippen LogP contribution in [0.5, 0.6) is 5.75 Å². The van der Waals surface area contributed by atoms with Crippen LogP contribution in [-0.4, -0.2) is 19.7 Å². The molecule has 0 bridgehead atoms. The summed E-state index contributed by atoms with van der Waals surface area (Å²) in [5, 5.41) is 0. The standard InChI is InChI=1S/C13H16O3/c1-13(9-12(14)15-2)7-8-16-11-6-4-3-5-10(11)13/h3-6H,7-9H2,1-2H3/t13-/m1/s1. The summed E-state index contributed by atoms with van der Waals surface area (Å²) in [6, 6.07) is 7.90. The van der Waals surface area contributed by atoms with Gasteiger partial charge in [-0.25, -0.2) is 0 Å². The van der Waals surface area contributed by atoms with Gasteiger partial charge in [0, 0.05) is 11.0 Å². The Bertz CT molecular complexity index is 400. The number of benzene rings is 1. The van der Waals surface area contributed by atoms with Gasteiger partial charge in [-0.2, -0.15) is 0 Å². The third-order valence-corrected chi connectivity index (χ3v) is 3.21. The van der Waals surface area contributed by atoms with Crippen molar-refractivity contribution in [1.29, 1.82) is 0 Å². The minimum absolute atomic E-state index is 0.165. The van der Waals surface area contributed by atoms with Crippen LogP contribution in [-0.2, 0) is 14.9 Å². The van der Waals surface area contributed by atoms with Crippen molar-refractivity contribution in [3.63, 3.8) is 0 Å². The number of fused-ring (bicyclic) bond motifs is 1. The highest BCUT2D eigenvalue weighted by molar-refractivity contribution is 5.71. The van der Waals surface area contributed by atoms with E-state index in [1.54, 1.807) is 0 Å². The number of carbonyl (C=O) groups is 1. The first-order valence-corrected chi connectivity index (χ1v) is 5.45. The zero-order valence-electron chi connectivity index (χ0n) is 9.66. The van der Waals surface area contributed by atoms with Crippen LogP contribution in [0.3, 0.4) is 0 Å². The van der Waals surface area contributed by atoms with E-state index in [9.17, 15) is 4.79 Å². The second kappa shape index (κ2) is 4.16. The van der Waals surface area contributed by atoms with Crippen molar-refractivity contribution in [3.8, 4) is 5.75 Å². The summed E-state index contributed by atoms with van der Waals surface area (Å²) >= 11 is 0. The molecule has 0 aliphatic carbocycles. The zero-order valence-corrected chi connectivity index (χ0v) is 9.66. The molecule has 1 heterocycles. The summed E-state index contributed by atoms with van der Waals surface area (Å²) in [5.41, 5.74) is 0.939. The molecule has 0 unspecified atom stereocenters. The highest BCUT2D eigenvalue weighted by Gasteiger charge is 2.35. The maximum absolute atomic E-state index is 11.4. The van der Waals surface area contributed by atoms with Crippen molar-refractivity contribution < 1.29 is 14.3 Å². The van der Waals surface area contributed by atoms with Gasteiger partial charge in [0.1, 0.15) is 5.75 Å². The number of methoxy groups -OCH3 is 1. The van der Waals surface area contributed by atoms with Crippen LogP contribution in [0, 0.1) is 0 Å². The average molecular weight is 220 g/mol. The lowest BCUT2D eigenvalue weighted by molar-refractivity contribution is -0.142. The SMILES string of the molecule is COC(=O)C[C@@]1(C)CCOc2ccccc21. The van der Waals surface area contributed by atoms with E-state index in [0.29, 0.717) is 13.0 Å². The maximum Gasteiger partial charge on any atom is 0.306 e. The van der Waals surface area contributed by atoms with Crippen LogP contribution in [0.4, 0.5) is 0 Å². The largest absolute Gasteiger partial charge is 0.493 e. The molecular weight excluding hydrogens is 204 g/mol. The van der Waals surface area contributed by atoms with Crippen LogP contribution in [0.25, 0.3) is 0 Å². The summed E-state index contributed by atoms with van der Waals surface area (Å²) in [5.74, 6) is 0.722. The Hall–Kier alpha value is -1.51. The topological polar surface area (TPSA) is 35.5 Å². The third kappa shape index (κ3) is 1.90. The van der Waals surface area contributed by atoms with Crippen molar-refractivity contribution in [2.75, 3.05) is 13.7 Å². The van der Waals surface area contributed by atoms with Crippen LogP contribution in [0.2, 0.25) is 0 Å². The van der Waals surface area contributed by atoms with E-state index in [-0.39, 0.29) is 11.4 Å². The first kappa shape index (κ1) is 11.0. The molecule has 1 aromatic rings. The summed E-state index contributed by atoms with van der Waals surface area (Å²) in [7, 11) is 1.43. The Labute approximate surface area is 95.4 Å². The predicted molar refractivity (Wildman–Crippen MR) is 60.5 cm³/mol.